The lowest BCUT2D eigenvalue weighted by Gasteiger charge is -2.33. The Morgan fingerprint density at radius 3 is 2.61 bits per heavy atom. The first kappa shape index (κ1) is 15.0. The predicted octanol–water partition coefficient (Wildman–Crippen LogP) is 1.55. The molecule has 104 valence electrons. The molecular formula is C13H24N2O3. The number of nitrogens with two attached hydrogens (primary N) is 1. The van der Waals surface area contributed by atoms with E-state index >= 15 is 0 Å². The monoisotopic (exact) mass is 256 g/mol. The number of nitrogens with zero attached hydrogens (tertiary/aromatic N) is 1. The summed E-state index contributed by atoms with van der Waals surface area (Å²) in [6.07, 6.45) is 1.76. The smallest absolute Gasteiger partial charge is 0.410 e. The Morgan fingerprint density at radius 2 is 2.06 bits per heavy atom. The van der Waals surface area contributed by atoms with E-state index in [1.807, 2.05) is 20.8 Å². The minimum Gasteiger partial charge on any atom is -0.444 e. The molecule has 18 heavy (non-hydrogen) atoms. The molecule has 0 radical (unpaired) electrons. The molecule has 1 heterocycles. The quantitative estimate of drug-likeness (QED) is 0.831. The van der Waals surface area contributed by atoms with Crippen LogP contribution in [0.2, 0.25) is 0 Å². The second-order valence-corrected chi connectivity index (χ2v) is 5.77. The number of rotatable bonds is 3. The molecule has 5 heteroatoms. The van der Waals surface area contributed by atoms with Crippen molar-refractivity contribution in [3.05, 3.63) is 0 Å². The first-order chi connectivity index (χ1) is 8.33. The third-order valence-corrected chi connectivity index (χ3v) is 2.92. The van der Waals surface area contributed by atoms with E-state index in [-0.39, 0.29) is 17.8 Å². The van der Waals surface area contributed by atoms with Crippen molar-refractivity contribution < 1.29 is 14.3 Å². The van der Waals surface area contributed by atoms with Gasteiger partial charge in [0.15, 0.2) is 0 Å². The van der Waals surface area contributed by atoms with E-state index in [4.69, 9.17) is 10.5 Å². The molecule has 1 fully saturated rings. The van der Waals surface area contributed by atoms with E-state index in [0.29, 0.717) is 26.1 Å². The summed E-state index contributed by atoms with van der Waals surface area (Å²) in [4.78, 5) is 25.3. The van der Waals surface area contributed by atoms with Gasteiger partial charge in [-0.3, -0.25) is 4.79 Å². The van der Waals surface area contributed by atoms with Crippen molar-refractivity contribution in [2.24, 2.45) is 11.7 Å². The van der Waals surface area contributed by atoms with Gasteiger partial charge in [0.1, 0.15) is 11.4 Å². The van der Waals surface area contributed by atoms with Gasteiger partial charge in [0.2, 0.25) is 0 Å². The third kappa shape index (κ3) is 4.64. The molecule has 1 amide bonds. The van der Waals surface area contributed by atoms with Crippen molar-refractivity contribution in [2.75, 3.05) is 19.6 Å². The van der Waals surface area contributed by atoms with Gasteiger partial charge in [-0.15, -0.1) is 0 Å². The summed E-state index contributed by atoms with van der Waals surface area (Å²) in [7, 11) is 0. The molecule has 0 aromatic heterocycles. The molecule has 1 saturated heterocycles. The van der Waals surface area contributed by atoms with Crippen LogP contribution in [0.3, 0.4) is 0 Å². The highest BCUT2D eigenvalue weighted by atomic mass is 16.6. The summed E-state index contributed by atoms with van der Waals surface area (Å²) < 4.78 is 5.32. The highest BCUT2D eigenvalue weighted by molar-refractivity contribution is 5.82. The minimum absolute atomic E-state index is 0.0742. The lowest BCUT2D eigenvalue weighted by Crippen LogP contribution is -2.44. The number of carbonyl (C=O) groups is 2. The Bertz CT molecular complexity index is 310. The Balaban J connectivity index is 2.53. The van der Waals surface area contributed by atoms with E-state index in [0.717, 1.165) is 12.8 Å². The topological polar surface area (TPSA) is 72.6 Å². The average Bonchev–Trinajstić information content (AvgIpc) is 2.27. The number of ketones is 1. The molecule has 1 atom stereocenters. The van der Waals surface area contributed by atoms with E-state index in [9.17, 15) is 9.59 Å². The summed E-state index contributed by atoms with van der Waals surface area (Å²) in [6.45, 7) is 7.03. The fourth-order valence-corrected chi connectivity index (χ4v) is 2.08. The standard InChI is InChI=1S/C13H24N2O3/c1-13(2,3)18-12(17)15-8-4-5-10(9-15)11(16)6-7-14/h10H,4-9,14H2,1-3H3. The number of hydrogen-bond donors (Lipinski definition) is 1. The Hall–Kier alpha value is -1.10. The van der Waals surface area contributed by atoms with Crippen LogP contribution in [0, 0.1) is 5.92 Å². The molecule has 2 N–H and O–H groups in total. The van der Waals surface area contributed by atoms with Gasteiger partial charge in [0.25, 0.3) is 0 Å². The summed E-state index contributed by atoms with van der Waals surface area (Å²) >= 11 is 0. The molecule has 1 rings (SSSR count). The second kappa shape index (κ2) is 6.18. The zero-order valence-corrected chi connectivity index (χ0v) is 11.6. The third-order valence-electron chi connectivity index (χ3n) is 2.92. The molecular weight excluding hydrogens is 232 g/mol. The molecule has 5 nitrogen and oxygen atoms in total. The average molecular weight is 256 g/mol. The van der Waals surface area contributed by atoms with Gasteiger partial charge in [-0.1, -0.05) is 0 Å². The predicted molar refractivity (Wildman–Crippen MR) is 69.2 cm³/mol. The number of hydrogen-bond acceptors (Lipinski definition) is 4. The van der Waals surface area contributed by atoms with Gasteiger partial charge in [-0.25, -0.2) is 4.79 Å². The number of piperidine rings is 1. The van der Waals surface area contributed by atoms with Crippen LogP contribution >= 0.6 is 0 Å². The number of Topliss-reactive ketones (excluding diaryl/α,β-unsaturated/α-hetero) is 1. The number of carbonyl (C=O) groups excluding carboxylic acids is 2. The first-order valence-electron chi connectivity index (χ1n) is 6.54. The van der Waals surface area contributed by atoms with Gasteiger partial charge >= 0.3 is 6.09 Å². The van der Waals surface area contributed by atoms with Crippen LogP contribution in [0.5, 0.6) is 0 Å². The Morgan fingerprint density at radius 1 is 1.39 bits per heavy atom. The zero-order chi connectivity index (χ0) is 13.8. The van der Waals surface area contributed by atoms with Crippen LogP contribution in [0.4, 0.5) is 4.79 Å². The van der Waals surface area contributed by atoms with E-state index in [1.165, 1.54) is 0 Å². The lowest BCUT2D eigenvalue weighted by atomic mass is 9.92. The maximum Gasteiger partial charge on any atom is 0.410 e. The van der Waals surface area contributed by atoms with Gasteiger partial charge < -0.3 is 15.4 Å². The van der Waals surface area contributed by atoms with Crippen molar-refractivity contribution in [1.29, 1.82) is 0 Å². The molecule has 1 aliphatic rings. The molecule has 0 aromatic carbocycles. The molecule has 0 saturated carbocycles. The van der Waals surface area contributed by atoms with Crippen LogP contribution in [-0.2, 0) is 9.53 Å². The van der Waals surface area contributed by atoms with E-state index in [1.54, 1.807) is 4.90 Å². The normalized spacial score (nSPS) is 20.7. The molecule has 1 unspecified atom stereocenters. The fraction of sp³-hybridized carbons (Fsp3) is 0.846. The van der Waals surface area contributed by atoms with E-state index in [2.05, 4.69) is 0 Å². The van der Waals surface area contributed by atoms with Crippen molar-refractivity contribution in [2.45, 2.75) is 45.6 Å². The minimum atomic E-state index is -0.495. The van der Waals surface area contributed by atoms with Crippen molar-refractivity contribution in [1.82, 2.24) is 4.90 Å². The Labute approximate surface area is 109 Å². The largest absolute Gasteiger partial charge is 0.444 e. The highest BCUT2D eigenvalue weighted by Gasteiger charge is 2.30. The maximum absolute atomic E-state index is 11.9. The fourth-order valence-electron chi connectivity index (χ4n) is 2.08. The summed E-state index contributed by atoms with van der Waals surface area (Å²) in [6, 6.07) is 0. The van der Waals surface area contributed by atoms with Crippen molar-refractivity contribution in [3.8, 4) is 0 Å². The SMILES string of the molecule is CC(C)(C)OC(=O)N1CCCC(C(=O)CCN)C1. The van der Waals surface area contributed by atoms with Crippen molar-refractivity contribution in [3.63, 3.8) is 0 Å². The number of amides is 1. The molecule has 0 aliphatic carbocycles. The summed E-state index contributed by atoms with van der Waals surface area (Å²) in [5.74, 6) is 0.0839. The number of ether oxygens (including phenoxy) is 1. The van der Waals surface area contributed by atoms with Gasteiger partial charge in [0.05, 0.1) is 0 Å². The van der Waals surface area contributed by atoms with Gasteiger partial charge in [-0.2, -0.15) is 0 Å². The van der Waals surface area contributed by atoms with Crippen LogP contribution < -0.4 is 5.73 Å². The van der Waals surface area contributed by atoms with Gasteiger partial charge in [-0.05, 0) is 40.2 Å². The van der Waals surface area contributed by atoms with Crippen LogP contribution in [0.25, 0.3) is 0 Å². The maximum atomic E-state index is 11.9. The molecule has 0 spiro atoms. The van der Waals surface area contributed by atoms with Crippen LogP contribution in [0.15, 0.2) is 0 Å². The van der Waals surface area contributed by atoms with E-state index < -0.39 is 5.60 Å². The number of likely N-dealkylation sites (tertiary alicyclic amines) is 1. The van der Waals surface area contributed by atoms with Crippen LogP contribution in [-0.4, -0.2) is 42.0 Å². The van der Waals surface area contributed by atoms with Crippen LogP contribution in [0.1, 0.15) is 40.0 Å². The molecule has 1 aliphatic heterocycles. The summed E-state index contributed by atoms with van der Waals surface area (Å²) in [5.41, 5.74) is 4.89. The molecule has 0 aromatic rings. The first-order valence-corrected chi connectivity index (χ1v) is 6.54. The lowest BCUT2D eigenvalue weighted by molar-refractivity contribution is -0.124. The Kier molecular flexibility index (Phi) is 5.14. The highest BCUT2D eigenvalue weighted by Crippen LogP contribution is 2.20. The van der Waals surface area contributed by atoms with Crippen molar-refractivity contribution >= 4 is 11.9 Å². The van der Waals surface area contributed by atoms with Gasteiger partial charge in [0, 0.05) is 25.4 Å². The zero-order valence-electron chi connectivity index (χ0n) is 11.6. The molecule has 0 bridgehead atoms. The summed E-state index contributed by atoms with van der Waals surface area (Å²) in [5, 5.41) is 0. The second-order valence-electron chi connectivity index (χ2n) is 5.77.